The van der Waals surface area contributed by atoms with Gasteiger partial charge in [-0.15, -0.1) is 0 Å². The summed E-state index contributed by atoms with van der Waals surface area (Å²) in [6.45, 7) is 3.25. The average Bonchev–Trinajstić information content (AvgIpc) is 2.57. The molecule has 1 heterocycles. The maximum atomic E-state index is 12.9. The molecule has 6 nitrogen and oxygen atoms in total. The summed E-state index contributed by atoms with van der Waals surface area (Å²) < 4.78 is 38.9. The molecule has 2 rings (SSSR count). The molecule has 1 aliphatic rings. The second kappa shape index (κ2) is 8.73. The Bertz CT molecular complexity index is 679. The summed E-state index contributed by atoms with van der Waals surface area (Å²) in [5.74, 6) is -0.544. The smallest absolute Gasteiger partial charge is 0.242 e. The van der Waals surface area contributed by atoms with Crippen LogP contribution in [0.3, 0.4) is 0 Å². The summed E-state index contributed by atoms with van der Waals surface area (Å²) in [5.41, 5.74) is 0. The molecule has 0 aromatic heterocycles. The molecule has 0 aliphatic carbocycles. The van der Waals surface area contributed by atoms with E-state index in [1.54, 1.807) is 0 Å². The molecule has 2 atom stereocenters. The maximum absolute atomic E-state index is 12.9. The van der Waals surface area contributed by atoms with E-state index >= 15 is 0 Å². The summed E-state index contributed by atoms with van der Waals surface area (Å²) in [6.07, 6.45) is 2.69. The molecule has 1 amide bonds. The Hall–Kier alpha value is -1.51. The molecule has 0 bridgehead atoms. The normalized spacial score (nSPS) is 21.3. The van der Waals surface area contributed by atoms with Gasteiger partial charge in [0, 0.05) is 32.1 Å². The number of sulfonamides is 1. The molecule has 1 aromatic carbocycles. The second-order valence-electron chi connectivity index (χ2n) is 6.44. The first-order chi connectivity index (χ1) is 11.8. The molecule has 0 saturated carbocycles. The lowest BCUT2D eigenvalue weighted by atomic mass is 10.00. The minimum atomic E-state index is -3.66. The van der Waals surface area contributed by atoms with Gasteiger partial charge in [0.25, 0.3) is 0 Å². The number of carbonyl (C=O) groups is 1. The van der Waals surface area contributed by atoms with E-state index in [0.717, 1.165) is 31.5 Å². The van der Waals surface area contributed by atoms with Crippen LogP contribution in [0.4, 0.5) is 4.39 Å². The predicted octanol–water partition coefficient (Wildman–Crippen LogP) is 1.48. The van der Waals surface area contributed by atoms with E-state index in [4.69, 9.17) is 0 Å². The Balaban J connectivity index is 1.80. The van der Waals surface area contributed by atoms with E-state index in [1.807, 2.05) is 6.92 Å². The Morgan fingerprint density at radius 2 is 2.04 bits per heavy atom. The summed E-state index contributed by atoms with van der Waals surface area (Å²) in [5, 5.41) is 6.33. The van der Waals surface area contributed by atoms with Crippen molar-refractivity contribution >= 4 is 15.9 Å². The average molecular weight is 371 g/mol. The first-order valence-corrected chi connectivity index (χ1v) is 9.99. The number of carbonyl (C=O) groups excluding carboxylic acids is 1. The lowest BCUT2D eigenvalue weighted by Crippen LogP contribution is -2.51. The molecule has 1 saturated heterocycles. The molecule has 1 aromatic rings. The Kier molecular flexibility index (Phi) is 6.92. The minimum Gasteiger partial charge on any atom is -0.352 e. The van der Waals surface area contributed by atoms with Gasteiger partial charge < -0.3 is 10.6 Å². The van der Waals surface area contributed by atoms with Crippen molar-refractivity contribution in [2.24, 2.45) is 0 Å². The van der Waals surface area contributed by atoms with Crippen LogP contribution in [-0.2, 0) is 14.8 Å². The van der Waals surface area contributed by atoms with Crippen LogP contribution < -0.4 is 10.6 Å². The standard InChI is InChI=1S/C17H26FN3O3S/c1-13-16(5-3-11-19-13)20-17(22)6-4-12-21(2)25(23,24)15-9-7-14(18)8-10-15/h7-10,13,16,19H,3-6,11-12H2,1-2H3,(H,20,22). The highest BCUT2D eigenvalue weighted by Crippen LogP contribution is 2.15. The van der Waals surface area contributed by atoms with Gasteiger partial charge in [-0.1, -0.05) is 0 Å². The molecule has 8 heteroatoms. The van der Waals surface area contributed by atoms with Crippen LogP contribution in [0.5, 0.6) is 0 Å². The lowest BCUT2D eigenvalue weighted by Gasteiger charge is -2.30. The van der Waals surface area contributed by atoms with Crippen molar-refractivity contribution in [3.8, 4) is 0 Å². The zero-order chi connectivity index (χ0) is 18.4. The van der Waals surface area contributed by atoms with Gasteiger partial charge in [-0.3, -0.25) is 4.79 Å². The minimum absolute atomic E-state index is 0.0444. The SMILES string of the molecule is CC1NCCCC1NC(=O)CCCN(C)S(=O)(=O)c1ccc(F)cc1. The third kappa shape index (κ3) is 5.49. The van der Waals surface area contributed by atoms with Gasteiger partial charge in [0.2, 0.25) is 15.9 Å². The highest BCUT2D eigenvalue weighted by atomic mass is 32.2. The molecular formula is C17H26FN3O3S. The van der Waals surface area contributed by atoms with Crippen LogP contribution in [0.2, 0.25) is 0 Å². The van der Waals surface area contributed by atoms with Crippen molar-refractivity contribution in [3.63, 3.8) is 0 Å². The van der Waals surface area contributed by atoms with E-state index in [-0.39, 0.29) is 35.9 Å². The summed E-state index contributed by atoms with van der Waals surface area (Å²) in [4.78, 5) is 12.1. The van der Waals surface area contributed by atoms with Gasteiger partial charge in [0.1, 0.15) is 5.82 Å². The topological polar surface area (TPSA) is 78.5 Å². The molecule has 0 spiro atoms. The van der Waals surface area contributed by atoms with Crippen molar-refractivity contribution in [2.45, 2.75) is 49.6 Å². The fraction of sp³-hybridized carbons (Fsp3) is 0.588. The molecule has 1 fully saturated rings. The molecule has 0 radical (unpaired) electrons. The van der Waals surface area contributed by atoms with Crippen molar-refractivity contribution < 1.29 is 17.6 Å². The third-order valence-electron chi connectivity index (χ3n) is 4.51. The van der Waals surface area contributed by atoms with E-state index in [0.29, 0.717) is 6.42 Å². The number of nitrogens with zero attached hydrogens (tertiary/aromatic N) is 1. The molecule has 1 aliphatic heterocycles. The second-order valence-corrected chi connectivity index (χ2v) is 8.49. The molecule has 25 heavy (non-hydrogen) atoms. The van der Waals surface area contributed by atoms with Crippen LogP contribution in [0.1, 0.15) is 32.6 Å². The van der Waals surface area contributed by atoms with Crippen LogP contribution in [0.15, 0.2) is 29.2 Å². The van der Waals surface area contributed by atoms with Crippen LogP contribution >= 0.6 is 0 Å². The highest BCUT2D eigenvalue weighted by molar-refractivity contribution is 7.89. The fourth-order valence-electron chi connectivity index (χ4n) is 2.89. The van der Waals surface area contributed by atoms with Crippen molar-refractivity contribution in [3.05, 3.63) is 30.1 Å². The van der Waals surface area contributed by atoms with Crippen molar-refractivity contribution in [2.75, 3.05) is 20.1 Å². The number of piperidine rings is 1. The highest BCUT2D eigenvalue weighted by Gasteiger charge is 2.23. The summed E-state index contributed by atoms with van der Waals surface area (Å²) >= 11 is 0. The van der Waals surface area contributed by atoms with Gasteiger partial charge in [-0.25, -0.2) is 17.1 Å². The summed E-state index contributed by atoms with van der Waals surface area (Å²) in [6, 6.07) is 5.10. The van der Waals surface area contributed by atoms with Crippen LogP contribution in [0, 0.1) is 5.82 Å². The number of benzene rings is 1. The van der Waals surface area contributed by atoms with E-state index in [9.17, 15) is 17.6 Å². The number of nitrogens with one attached hydrogen (secondary N) is 2. The number of halogens is 1. The fourth-order valence-corrected chi connectivity index (χ4v) is 4.10. The van der Waals surface area contributed by atoms with Crippen molar-refractivity contribution in [1.29, 1.82) is 0 Å². The van der Waals surface area contributed by atoms with E-state index in [2.05, 4.69) is 10.6 Å². The largest absolute Gasteiger partial charge is 0.352 e. The quantitative estimate of drug-likeness (QED) is 0.761. The van der Waals surface area contributed by atoms with Gasteiger partial charge in [-0.05, 0) is 57.0 Å². The van der Waals surface area contributed by atoms with Gasteiger partial charge in [0.15, 0.2) is 0 Å². The number of amides is 1. The maximum Gasteiger partial charge on any atom is 0.242 e. The zero-order valence-corrected chi connectivity index (χ0v) is 15.5. The molecular weight excluding hydrogens is 345 g/mol. The van der Waals surface area contributed by atoms with Gasteiger partial charge >= 0.3 is 0 Å². The number of rotatable bonds is 7. The predicted molar refractivity (Wildman–Crippen MR) is 94.1 cm³/mol. The monoisotopic (exact) mass is 371 g/mol. The van der Waals surface area contributed by atoms with Gasteiger partial charge in [-0.2, -0.15) is 0 Å². The molecule has 2 unspecified atom stereocenters. The number of hydrogen-bond donors (Lipinski definition) is 2. The lowest BCUT2D eigenvalue weighted by molar-refractivity contribution is -0.122. The van der Waals surface area contributed by atoms with Crippen LogP contribution in [0.25, 0.3) is 0 Å². The Morgan fingerprint density at radius 3 is 2.68 bits per heavy atom. The molecule has 2 N–H and O–H groups in total. The van der Waals surface area contributed by atoms with E-state index < -0.39 is 15.8 Å². The third-order valence-corrected chi connectivity index (χ3v) is 6.38. The van der Waals surface area contributed by atoms with Crippen LogP contribution in [-0.4, -0.2) is 50.9 Å². The first-order valence-electron chi connectivity index (χ1n) is 8.55. The number of hydrogen-bond acceptors (Lipinski definition) is 4. The van der Waals surface area contributed by atoms with Crippen molar-refractivity contribution in [1.82, 2.24) is 14.9 Å². The van der Waals surface area contributed by atoms with E-state index in [1.165, 1.54) is 23.5 Å². The molecule has 140 valence electrons. The van der Waals surface area contributed by atoms with Gasteiger partial charge in [0.05, 0.1) is 4.90 Å². The zero-order valence-electron chi connectivity index (χ0n) is 14.7. The Morgan fingerprint density at radius 1 is 1.36 bits per heavy atom. The Labute approximate surface area is 148 Å². The summed E-state index contributed by atoms with van der Waals surface area (Å²) in [7, 11) is -2.20. The first kappa shape index (κ1) is 19.8.